The van der Waals surface area contributed by atoms with Gasteiger partial charge in [-0.25, -0.2) is 8.98 Å². The van der Waals surface area contributed by atoms with Gasteiger partial charge >= 0.3 is 22.1 Å². The topological polar surface area (TPSA) is 419 Å². The third-order valence-electron chi connectivity index (χ3n) is 9.36. The molecule has 3 saturated heterocycles. The average Bonchev–Trinajstić information content (AvgIpc) is 3.15. The molecule has 3 heterocycles. The first kappa shape index (κ1) is 47.9. The lowest BCUT2D eigenvalue weighted by atomic mass is 9.88. The van der Waals surface area contributed by atoms with Crippen molar-refractivity contribution in [1.82, 2.24) is 10.6 Å². The van der Waals surface area contributed by atoms with Crippen molar-refractivity contribution < 1.29 is 111 Å². The molecule has 27 nitrogen and oxygen atoms in total. The van der Waals surface area contributed by atoms with Crippen molar-refractivity contribution in [2.75, 3.05) is 19.8 Å². The highest BCUT2D eigenvalue weighted by Crippen LogP contribution is 2.37. The van der Waals surface area contributed by atoms with Crippen molar-refractivity contribution in [3.63, 3.8) is 0 Å². The molecule has 0 aliphatic carbocycles. The van der Waals surface area contributed by atoms with Crippen LogP contribution in [0.25, 0.3) is 0 Å². The maximum Gasteiger partial charge on any atom is 0.397 e. The molecule has 4 rings (SSSR count). The summed E-state index contributed by atoms with van der Waals surface area (Å²) in [4.78, 5) is 48.2. The lowest BCUT2D eigenvalue weighted by Crippen LogP contribution is -2.70. The van der Waals surface area contributed by atoms with Crippen molar-refractivity contribution in [2.24, 2.45) is 0 Å². The van der Waals surface area contributed by atoms with Crippen molar-refractivity contribution >= 4 is 33.9 Å². The average molecular weight is 876 g/mol. The molecule has 2 amide bonds. The molecule has 3 fully saturated rings. The van der Waals surface area contributed by atoms with E-state index >= 15 is 0 Å². The Morgan fingerprint density at radius 3 is 2.10 bits per heavy atom. The lowest BCUT2D eigenvalue weighted by molar-refractivity contribution is -0.387. The van der Waals surface area contributed by atoms with Crippen molar-refractivity contribution in [1.29, 1.82) is 0 Å². The number of carbonyl (C=O) groups is 3. The summed E-state index contributed by atoms with van der Waals surface area (Å²) >= 11 is 0. The largest absolute Gasteiger partial charge is 0.477 e. The third kappa shape index (κ3) is 11.5. The third-order valence-corrected chi connectivity index (χ3v) is 9.79. The zero-order valence-electron chi connectivity index (χ0n) is 30.8. The van der Waals surface area contributed by atoms with Gasteiger partial charge in [0.05, 0.1) is 36.9 Å². The van der Waals surface area contributed by atoms with Gasteiger partial charge in [0.1, 0.15) is 67.1 Å². The molecule has 0 radical (unpaired) electrons. The maximum absolute atomic E-state index is 12.8. The van der Waals surface area contributed by atoms with Gasteiger partial charge in [-0.15, -0.1) is 0 Å². The number of aliphatic hydroxyl groups excluding tert-OH is 8. The van der Waals surface area contributed by atoms with Crippen molar-refractivity contribution in [2.45, 2.75) is 118 Å². The molecule has 0 bridgehead atoms. The van der Waals surface area contributed by atoms with Gasteiger partial charge in [-0.1, -0.05) is 12.1 Å². The molecule has 3 aliphatic heterocycles. The number of hydrogen-bond acceptors (Lipinski definition) is 22. The summed E-state index contributed by atoms with van der Waals surface area (Å²) in [6, 6.07) is 1.36. The Morgan fingerprint density at radius 1 is 0.932 bits per heavy atom. The summed E-state index contributed by atoms with van der Waals surface area (Å²) in [5.41, 5.74) is -0.642. The zero-order valence-corrected chi connectivity index (χ0v) is 31.7. The molecule has 59 heavy (non-hydrogen) atoms. The number of rotatable bonds is 17. The Morgan fingerprint density at radius 2 is 1.53 bits per heavy atom. The number of para-hydroxylation sites is 2. The minimum Gasteiger partial charge on any atom is -0.477 e. The van der Waals surface area contributed by atoms with Crippen LogP contribution in [0.2, 0.25) is 0 Å². The van der Waals surface area contributed by atoms with E-state index in [0.29, 0.717) is 0 Å². The number of benzene rings is 1. The second-order valence-corrected chi connectivity index (χ2v) is 14.7. The van der Waals surface area contributed by atoms with Gasteiger partial charge in [-0.3, -0.25) is 24.3 Å². The molecule has 28 heteroatoms. The number of carboxylic acid groups (broad SMARTS) is 1. The highest BCUT2D eigenvalue weighted by Gasteiger charge is 2.58. The van der Waals surface area contributed by atoms with E-state index in [4.69, 9.17) is 33.0 Å². The van der Waals surface area contributed by atoms with E-state index in [1.807, 2.05) is 0 Å². The fraction of sp³-hybridized carbons (Fsp3) is 0.710. The Hall–Kier alpha value is -3.82. The molecule has 0 spiro atoms. The van der Waals surface area contributed by atoms with E-state index in [-0.39, 0.29) is 0 Å². The SMILES string of the molecule is CC(=O)N[C@@H]1[C@@H](O)C[C@](OC[C@H]2O[C@H](Oc3ccccc3[N+](=O)[O-])[C@H](NC(C)=O)[C@@H](O[C@@H]3O[C@H](COS(=O)(=O)O)[C@H](O)[C@H](O)[C@H]3O)[C@H]2O)(C(=O)O)O[C@H]1C(O)C(O)CO. The Kier molecular flexibility index (Phi) is 16.0. The van der Waals surface area contributed by atoms with Crippen LogP contribution in [0, 0.1) is 10.1 Å². The first-order valence-electron chi connectivity index (χ1n) is 17.4. The fourth-order valence-electron chi connectivity index (χ4n) is 6.51. The quantitative estimate of drug-likeness (QED) is 0.0393. The van der Waals surface area contributed by atoms with E-state index < -0.39 is 168 Å². The van der Waals surface area contributed by atoms with Crippen LogP contribution in [0.3, 0.4) is 0 Å². The van der Waals surface area contributed by atoms with Crippen molar-refractivity contribution in [3.05, 3.63) is 34.4 Å². The van der Waals surface area contributed by atoms with Gasteiger partial charge in [0.25, 0.3) is 5.79 Å². The molecular weight excluding hydrogens is 830 g/mol. The van der Waals surface area contributed by atoms with Gasteiger partial charge in [0.2, 0.25) is 18.1 Å². The molecule has 2 unspecified atom stereocenters. The van der Waals surface area contributed by atoms with E-state index in [2.05, 4.69) is 14.8 Å². The van der Waals surface area contributed by atoms with E-state index in [1.165, 1.54) is 12.1 Å². The van der Waals surface area contributed by atoms with Gasteiger partial charge < -0.3 is 85.0 Å². The molecule has 16 atom stereocenters. The highest BCUT2D eigenvalue weighted by atomic mass is 32.3. The number of nitrogens with zero attached hydrogens (tertiary/aromatic N) is 1. The van der Waals surface area contributed by atoms with E-state index in [1.54, 1.807) is 0 Å². The Bertz CT molecular complexity index is 1760. The van der Waals surface area contributed by atoms with Crippen LogP contribution in [0.5, 0.6) is 5.75 Å². The van der Waals surface area contributed by atoms with Crippen LogP contribution in [0.1, 0.15) is 20.3 Å². The standard InChI is InChI=1S/C31H45N3O24S/c1-11(36)32-19-14(38)7-31(30(45)46,58-27(19)21(40)15(39)8-35)52-9-17-23(42)26(57-29-25(44)24(43)22(41)18(56-29)10-53-59(49,50)51)20(33-12(2)37)28(55-17)54-16-6-4-3-5-13(16)34(47)48/h3-6,14-15,17-29,35,38-44H,7-10H2,1-2H3,(H,32,36)(H,33,37)(H,45,46)(H,49,50,51)/t14-,15?,17+,18+,19+,20+,21?,22-,23-,24-,25+,26+,27+,28-,29-,31+/m0/s1. The summed E-state index contributed by atoms with van der Waals surface area (Å²) in [5.74, 6) is -7.12. The predicted molar refractivity (Wildman–Crippen MR) is 184 cm³/mol. The van der Waals surface area contributed by atoms with Crippen LogP contribution in [-0.2, 0) is 52.7 Å². The van der Waals surface area contributed by atoms with Crippen molar-refractivity contribution in [3.8, 4) is 5.75 Å². The normalized spacial score (nSPS) is 36.2. The van der Waals surface area contributed by atoms with E-state index in [9.17, 15) is 78.9 Å². The van der Waals surface area contributed by atoms with Crippen LogP contribution < -0.4 is 15.4 Å². The van der Waals surface area contributed by atoms with Crippen LogP contribution in [0.15, 0.2) is 24.3 Å². The van der Waals surface area contributed by atoms with Crippen LogP contribution in [0.4, 0.5) is 5.69 Å². The first-order chi connectivity index (χ1) is 27.5. The minimum absolute atomic E-state index is 0.494. The molecule has 1 aromatic rings. The van der Waals surface area contributed by atoms with Gasteiger partial charge in [0.15, 0.2) is 12.0 Å². The fourth-order valence-corrected chi connectivity index (χ4v) is 6.81. The number of nitrogens with one attached hydrogen (secondary N) is 2. The smallest absolute Gasteiger partial charge is 0.397 e. The van der Waals surface area contributed by atoms with Gasteiger partial charge in [0, 0.05) is 26.3 Å². The number of aliphatic hydroxyl groups is 8. The lowest BCUT2D eigenvalue weighted by Gasteiger charge is -2.49. The summed E-state index contributed by atoms with van der Waals surface area (Å²) in [6.45, 7) is -1.39. The monoisotopic (exact) mass is 875 g/mol. The molecule has 334 valence electrons. The Balaban J connectivity index is 1.74. The predicted octanol–water partition coefficient (Wildman–Crippen LogP) is -6.26. The summed E-state index contributed by atoms with van der Waals surface area (Å²) in [7, 11) is -5.14. The number of ether oxygens (including phenoxy) is 6. The van der Waals surface area contributed by atoms with Crippen LogP contribution in [-0.4, -0.2) is 199 Å². The zero-order chi connectivity index (χ0) is 44.1. The number of nitro groups is 1. The summed E-state index contributed by atoms with van der Waals surface area (Å²) in [6.07, 6.45) is -27.6. The number of aliphatic carboxylic acids is 1. The number of amides is 2. The second-order valence-electron chi connectivity index (χ2n) is 13.6. The minimum atomic E-state index is -5.14. The maximum atomic E-state index is 12.8. The molecule has 1 aromatic carbocycles. The molecule has 0 aromatic heterocycles. The van der Waals surface area contributed by atoms with Gasteiger partial charge in [-0.2, -0.15) is 8.42 Å². The summed E-state index contributed by atoms with van der Waals surface area (Å²) in [5, 5.41) is 112. The summed E-state index contributed by atoms with van der Waals surface area (Å²) < 4.78 is 69.7. The molecule has 3 aliphatic rings. The van der Waals surface area contributed by atoms with Crippen LogP contribution >= 0.6 is 0 Å². The number of carboxylic acids is 1. The number of carbonyl (C=O) groups excluding carboxylic acids is 2. The first-order valence-corrected chi connectivity index (χ1v) is 18.8. The van der Waals surface area contributed by atoms with Gasteiger partial charge in [-0.05, 0) is 6.07 Å². The number of nitro benzene ring substituents is 1. The molecule has 0 saturated carbocycles. The molecular formula is C31H45N3O24S. The highest BCUT2D eigenvalue weighted by molar-refractivity contribution is 7.80. The second kappa shape index (κ2) is 19.7. The van der Waals surface area contributed by atoms with E-state index in [0.717, 1.165) is 26.0 Å². The number of hydrogen-bond donors (Lipinski definition) is 12. The molecule has 12 N–H and O–H groups in total. The Labute approximate surface area is 333 Å².